The second-order valence-electron chi connectivity index (χ2n) is 7.30. The first kappa shape index (κ1) is 20.1. The molecule has 2 N–H and O–H groups in total. The van der Waals surface area contributed by atoms with Crippen LogP contribution in [0.5, 0.6) is 0 Å². The van der Waals surface area contributed by atoms with Crippen LogP contribution in [0.4, 0.5) is 20.7 Å². The summed E-state index contributed by atoms with van der Waals surface area (Å²) in [5.41, 5.74) is 6.96. The van der Waals surface area contributed by atoms with Crippen LogP contribution in [0.25, 0.3) is 28.4 Å². The van der Waals surface area contributed by atoms with Gasteiger partial charge in [0.2, 0.25) is 17.8 Å². The third-order valence-corrected chi connectivity index (χ3v) is 5.15. The summed E-state index contributed by atoms with van der Waals surface area (Å²) in [4.78, 5) is 27.7. The van der Waals surface area contributed by atoms with Gasteiger partial charge >= 0.3 is 0 Å². The molecule has 4 aromatic rings. The number of para-hydroxylation sites is 2. The number of nitrogens with two attached hydrogens (primary N) is 1. The first-order chi connectivity index (χ1) is 15.5. The van der Waals surface area contributed by atoms with Crippen LogP contribution in [-0.2, 0) is 4.74 Å². The second kappa shape index (κ2) is 8.04. The summed E-state index contributed by atoms with van der Waals surface area (Å²) < 4.78 is 34.6. The summed E-state index contributed by atoms with van der Waals surface area (Å²) in [5, 5.41) is 0. The summed E-state index contributed by atoms with van der Waals surface area (Å²) in [6, 6.07) is 6.83. The van der Waals surface area contributed by atoms with E-state index in [4.69, 9.17) is 10.5 Å². The number of aromatic nitrogens is 7. The van der Waals surface area contributed by atoms with Crippen molar-refractivity contribution in [3.05, 3.63) is 42.5 Å². The maximum absolute atomic E-state index is 13.9. The Bertz CT molecular complexity index is 1260. The number of anilines is 2. The molecule has 0 spiro atoms. The highest BCUT2D eigenvalue weighted by molar-refractivity contribution is 5.77. The van der Waals surface area contributed by atoms with Crippen molar-refractivity contribution in [2.75, 3.05) is 30.4 Å². The van der Waals surface area contributed by atoms with Gasteiger partial charge in [-0.25, -0.2) is 23.7 Å². The fourth-order valence-corrected chi connectivity index (χ4v) is 3.59. The number of fused-ring (bicyclic) bond motifs is 1. The minimum Gasteiger partial charge on any atom is -0.377 e. The van der Waals surface area contributed by atoms with Crippen molar-refractivity contribution in [1.82, 2.24) is 34.5 Å². The molecule has 12 heteroatoms. The number of nitrogen functional groups attached to an aromatic ring is 1. The van der Waals surface area contributed by atoms with Gasteiger partial charge in [-0.1, -0.05) is 12.1 Å². The highest BCUT2D eigenvalue weighted by Crippen LogP contribution is 2.28. The van der Waals surface area contributed by atoms with Crippen LogP contribution >= 0.6 is 0 Å². The maximum atomic E-state index is 13.9. The Morgan fingerprint density at radius 2 is 1.81 bits per heavy atom. The average molecular weight is 439 g/mol. The zero-order valence-electron chi connectivity index (χ0n) is 17.1. The number of benzene rings is 1. The van der Waals surface area contributed by atoms with Gasteiger partial charge in [0.25, 0.3) is 6.43 Å². The molecule has 1 aromatic carbocycles. The lowest BCUT2D eigenvalue weighted by Gasteiger charge is -2.33. The molecule has 10 nitrogen and oxygen atoms in total. The zero-order valence-corrected chi connectivity index (χ0v) is 17.1. The topological polar surface area (TPSA) is 121 Å². The van der Waals surface area contributed by atoms with Crippen molar-refractivity contribution in [3.8, 4) is 17.3 Å². The largest absolute Gasteiger partial charge is 0.377 e. The van der Waals surface area contributed by atoms with Gasteiger partial charge < -0.3 is 15.4 Å². The van der Waals surface area contributed by atoms with Crippen LogP contribution in [-0.4, -0.2) is 60.3 Å². The molecule has 0 radical (unpaired) electrons. The van der Waals surface area contributed by atoms with E-state index in [-0.39, 0.29) is 23.8 Å². The Kier molecular flexibility index (Phi) is 5.05. The standard InChI is InChI=1S/C20H19F2N9O/c1-11-10-32-7-6-30(11)19-27-16(12-8-24-18(23)25-9-12)28-20(29-19)31-14-5-3-2-4-13(14)26-17(31)15(21)22/h2-5,8-9,11,15H,6-7,10H2,1H3,(H2,23,24,25). The highest BCUT2D eigenvalue weighted by atomic mass is 19.3. The van der Waals surface area contributed by atoms with E-state index in [0.717, 1.165) is 0 Å². The summed E-state index contributed by atoms with van der Waals surface area (Å²) in [7, 11) is 0. The maximum Gasteiger partial charge on any atom is 0.296 e. The molecule has 1 unspecified atom stereocenters. The van der Waals surface area contributed by atoms with Crippen LogP contribution in [0.1, 0.15) is 19.2 Å². The zero-order chi connectivity index (χ0) is 22.2. The van der Waals surface area contributed by atoms with Crippen LogP contribution in [0.2, 0.25) is 0 Å². The number of hydrogen-bond donors (Lipinski definition) is 1. The van der Waals surface area contributed by atoms with Crippen molar-refractivity contribution in [2.45, 2.75) is 19.4 Å². The predicted molar refractivity (Wildman–Crippen MR) is 112 cm³/mol. The van der Waals surface area contributed by atoms with Gasteiger partial charge in [-0.05, 0) is 19.1 Å². The van der Waals surface area contributed by atoms with E-state index in [9.17, 15) is 8.78 Å². The van der Waals surface area contributed by atoms with E-state index < -0.39 is 12.2 Å². The summed E-state index contributed by atoms with van der Waals surface area (Å²) >= 11 is 0. The normalized spacial score (nSPS) is 16.8. The van der Waals surface area contributed by atoms with Gasteiger partial charge in [-0.2, -0.15) is 15.0 Å². The van der Waals surface area contributed by atoms with E-state index >= 15 is 0 Å². The molecular formula is C20H19F2N9O. The summed E-state index contributed by atoms with van der Waals surface area (Å²) in [6.07, 6.45) is 0.135. The molecule has 1 saturated heterocycles. The first-order valence-corrected chi connectivity index (χ1v) is 9.95. The average Bonchev–Trinajstić information content (AvgIpc) is 3.20. The third kappa shape index (κ3) is 3.58. The molecule has 4 heterocycles. The molecule has 32 heavy (non-hydrogen) atoms. The smallest absolute Gasteiger partial charge is 0.296 e. The third-order valence-electron chi connectivity index (χ3n) is 5.15. The minimum atomic E-state index is -2.83. The number of hydrogen-bond acceptors (Lipinski definition) is 9. The molecule has 1 atom stereocenters. The number of ether oxygens (including phenoxy) is 1. The molecule has 1 fully saturated rings. The lowest BCUT2D eigenvalue weighted by Crippen LogP contribution is -2.44. The predicted octanol–water partition coefficient (Wildman–Crippen LogP) is 2.41. The van der Waals surface area contributed by atoms with Crippen LogP contribution in [0.15, 0.2) is 36.7 Å². The fraction of sp³-hybridized carbons (Fsp3) is 0.300. The Balaban J connectivity index is 1.74. The quantitative estimate of drug-likeness (QED) is 0.511. The Labute approximate surface area is 181 Å². The van der Waals surface area contributed by atoms with Crippen molar-refractivity contribution >= 4 is 22.9 Å². The molecular weight excluding hydrogens is 420 g/mol. The van der Waals surface area contributed by atoms with Gasteiger partial charge in [0.1, 0.15) is 0 Å². The van der Waals surface area contributed by atoms with Gasteiger partial charge in [-0.15, -0.1) is 0 Å². The van der Waals surface area contributed by atoms with Crippen LogP contribution in [0.3, 0.4) is 0 Å². The molecule has 3 aromatic heterocycles. The van der Waals surface area contributed by atoms with E-state index in [1.165, 1.54) is 17.0 Å². The molecule has 0 amide bonds. The van der Waals surface area contributed by atoms with Gasteiger partial charge in [0.05, 0.1) is 35.9 Å². The van der Waals surface area contributed by atoms with Gasteiger partial charge in [-0.3, -0.25) is 4.57 Å². The van der Waals surface area contributed by atoms with Gasteiger partial charge in [0, 0.05) is 18.9 Å². The van der Waals surface area contributed by atoms with Crippen LogP contribution in [0, 0.1) is 0 Å². The van der Waals surface area contributed by atoms with E-state index in [2.05, 4.69) is 29.9 Å². The molecule has 0 saturated carbocycles. The molecule has 164 valence electrons. The fourth-order valence-electron chi connectivity index (χ4n) is 3.59. The Morgan fingerprint density at radius 3 is 2.56 bits per heavy atom. The number of nitrogens with zero attached hydrogens (tertiary/aromatic N) is 8. The molecule has 0 bridgehead atoms. The van der Waals surface area contributed by atoms with Crippen molar-refractivity contribution in [2.24, 2.45) is 0 Å². The van der Waals surface area contributed by atoms with Crippen molar-refractivity contribution in [3.63, 3.8) is 0 Å². The van der Waals surface area contributed by atoms with Gasteiger partial charge in [0.15, 0.2) is 11.6 Å². The van der Waals surface area contributed by atoms with Crippen molar-refractivity contribution < 1.29 is 13.5 Å². The number of alkyl halides is 2. The lowest BCUT2D eigenvalue weighted by molar-refractivity contribution is 0.0980. The molecule has 0 aliphatic carbocycles. The SMILES string of the molecule is CC1COCCN1c1nc(-c2cnc(N)nc2)nc(-n2c(C(F)F)nc3ccccc32)n1. The summed E-state index contributed by atoms with van der Waals surface area (Å²) in [5.74, 6) is 0.269. The molecule has 1 aliphatic rings. The molecule has 1 aliphatic heterocycles. The molecule has 5 rings (SSSR count). The summed E-state index contributed by atoms with van der Waals surface area (Å²) in [6.45, 7) is 3.53. The lowest BCUT2D eigenvalue weighted by atomic mass is 10.2. The van der Waals surface area contributed by atoms with E-state index in [0.29, 0.717) is 42.3 Å². The Morgan fingerprint density at radius 1 is 1.06 bits per heavy atom. The number of halogens is 2. The number of morpholine rings is 1. The number of imidazole rings is 1. The van der Waals surface area contributed by atoms with Crippen LogP contribution < -0.4 is 10.6 Å². The Hall–Kier alpha value is -3.80. The highest BCUT2D eigenvalue weighted by Gasteiger charge is 2.26. The van der Waals surface area contributed by atoms with E-state index in [1.807, 2.05) is 11.8 Å². The monoisotopic (exact) mass is 439 g/mol. The number of rotatable bonds is 4. The second-order valence-corrected chi connectivity index (χ2v) is 7.30. The minimum absolute atomic E-state index is 0.0105. The van der Waals surface area contributed by atoms with E-state index in [1.54, 1.807) is 24.3 Å². The van der Waals surface area contributed by atoms with Crippen molar-refractivity contribution in [1.29, 1.82) is 0 Å². The first-order valence-electron chi connectivity index (χ1n) is 9.95.